The number of hydrogen-bond acceptors (Lipinski definition) is 3. The fourth-order valence-corrected chi connectivity index (χ4v) is 4.98. The minimum absolute atomic E-state index is 0.116. The van der Waals surface area contributed by atoms with E-state index in [9.17, 15) is 9.59 Å². The SMILES string of the molecule is O=C(O)C1CC2(C1)CC(C(=O)N1CCCC(Nc3ccccc3)C1)C2. The maximum atomic E-state index is 12.8. The summed E-state index contributed by atoms with van der Waals surface area (Å²) in [6.07, 6.45) is 5.45. The number of nitrogens with zero attached hydrogens (tertiary/aromatic N) is 1. The van der Waals surface area contributed by atoms with Gasteiger partial charge in [-0.1, -0.05) is 18.2 Å². The molecule has 134 valence electrons. The van der Waals surface area contributed by atoms with Crippen LogP contribution in [0.5, 0.6) is 0 Å². The molecule has 5 heteroatoms. The van der Waals surface area contributed by atoms with Crippen LogP contribution >= 0.6 is 0 Å². The van der Waals surface area contributed by atoms with Gasteiger partial charge >= 0.3 is 5.97 Å². The second-order valence-electron chi connectivity index (χ2n) is 8.18. The van der Waals surface area contributed by atoms with E-state index in [0.717, 1.165) is 57.3 Å². The monoisotopic (exact) mass is 342 g/mol. The molecule has 1 unspecified atom stereocenters. The van der Waals surface area contributed by atoms with Gasteiger partial charge in [0.1, 0.15) is 0 Å². The van der Waals surface area contributed by atoms with Gasteiger partial charge in [0.15, 0.2) is 0 Å². The summed E-state index contributed by atoms with van der Waals surface area (Å²) in [6, 6.07) is 10.5. The first-order valence-corrected chi connectivity index (χ1v) is 9.38. The first kappa shape index (κ1) is 16.4. The Kier molecular flexibility index (Phi) is 4.18. The predicted octanol–water partition coefficient (Wildman–Crippen LogP) is 2.98. The molecule has 0 aromatic heterocycles. The highest BCUT2D eigenvalue weighted by molar-refractivity contribution is 5.81. The van der Waals surface area contributed by atoms with Crippen molar-refractivity contribution in [2.75, 3.05) is 18.4 Å². The summed E-state index contributed by atoms with van der Waals surface area (Å²) >= 11 is 0. The molecule has 25 heavy (non-hydrogen) atoms. The van der Waals surface area contributed by atoms with Crippen molar-refractivity contribution in [2.45, 2.75) is 44.6 Å². The van der Waals surface area contributed by atoms with Crippen LogP contribution in [0, 0.1) is 17.3 Å². The molecule has 4 rings (SSSR count). The summed E-state index contributed by atoms with van der Waals surface area (Å²) in [6.45, 7) is 1.63. The standard InChI is InChI=1S/C20H26N2O3/c23-18(14-9-20(10-14)11-15(12-20)19(24)25)22-8-4-7-17(13-22)21-16-5-2-1-3-6-16/h1-3,5-6,14-15,17,21H,4,7-13H2,(H,24,25). The van der Waals surface area contributed by atoms with Gasteiger partial charge in [-0.25, -0.2) is 0 Å². The number of piperidine rings is 1. The second-order valence-corrected chi connectivity index (χ2v) is 8.18. The van der Waals surface area contributed by atoms with Gasteiger partial charge < -0.3 is 15.3 Å². The summed E-state index contributed by atoms with van der Waals surface area (Å²) in [5.41, 5.74) is 1.28. The van der Waals surface area contributed by atoms with Gasteiger partial charge in [0, 0.05) is 30.7 Å². The Bertz CT molecular complexity index is 646. The Balaban J connectivity index is 1.28. The number of carboxylic acid groups (broad SMARTS) is 1. The first-order valence-electron chi connectivity index (χ1n) is 9.38. The zero-order chi connectivity index (χ0) is 17.4. The van der Waals surface area contributed by atoms with E-state index in [1.165, 1.54) is 0 Å². The Morgan fingerprint density at radius 3 is 2.44 bits per heavy atom. The number of amides is 1. The lowest BCUT2D eigenvalue weighted by Gasteiger charge is -2.56. The molecule has 1 amide bonds. The highest BCUT2D eigenvalue weighted by Gasteiger charge is 2.57. The molecule has 1 heterocycles. The van der Waals surface area contributed by atoms with Crippen LogP contribution in [-0.2, 0) is 9.59 Å². The molecule has 1 aliphatic heterocycles. The van der Waals surface area contributed by atoms with E-state index >= 15 is 0 Å². The van der Waals surface area contributed by atoms with E-state index in [4.69, 9.17) is 5.11 Å². The molecule has 1 aromatic rings. The molecule has 0 radical (unpaired) electrons. The maximum Gasteiger partial charge on any atom is 0.306 e. The summed E-state index contributed by atoms with van der Waals surface area (Å²) < 4.78 is 0. The van der Waals surface area contributed by atoms with E-state index in [2.05, 4.69) is 17.4 Å². The largest absolute Gasteiger partial charge is 0.481 e. The van der Waals surface area contributed by atoms with Gasteiger partial charge in [0.2, 0.25) is 5.91 Å². The molecule has 2 saturated carbocycles. The summed E-state index contributed by atoms with van der Waals surface area (Å²) in [5.74, 6) is -0.453. The lowest BCUT2D eigenvalue weighted by Crippen LogP contribution is -2.56. The van der Waals surface area contributed by atoms with E-state index in [-0.39, 0.29) is 23.2 Å². The molecule has 1 saturated heterocycles. The van der Waals surface area contributed by atoms with E-state index in [1.807, 2.05) is 23.1 Å². The minimum Gasteiger partial charge on any atom is -0.481 e. The van der Waals surface area contributed by atoms with Crippen LogP contribution in [0.1, 0.15) is 38.5 Å². The number of carboxylic acids is 1. The van der Waals surface area contributed by atoms with Gasteiger partial charge in [0.25, 0.3) is 0 Å². The van der Waals surface area contributed by atoms with Crippen molar-refractivity contribution in [1.29, 1.82) is 0 Å². The van der Waals surface area contributed by atoms with Crippen LogP contribution in [0.4, 0.5) is 5.69 Å². The summed E-state index contributed by atoms with van der Waals surface area (Å²) in [7, 11) is 0. The van der Waals surface area contributed by atoms with Gasteiger partial charge in [-0.15, -0.1) is 0 Å². The lowest BCUT2D eigenvalue weighted by atomic mass is 9.48. The summed E-state index contributed by atoms with van der Waals surface area (Å²) in [4.78, 5) is 25.8. The molecule has 0 bridgehead atoms. The van der Waals surface area contributed by atoms with Crippen LogP contribution in [0.25, 0.3) is 0 Å². The molecule has 3 fully saturated rings. The lowest BCUT2D eigenvalue weighted by molar-refractivity contribution is -0.164. The van der Waals surface area contributed by atoms with Crippen molar-refractivity contribution in [3.05, 3.63) is 30.3 Å². The number of anilines is 1. The predicted molar refractivity (Wildman–Crippen MR) is 95.2 cm³/mol. The highest BCUT2D eigenvalue weighted by Crippen LogP contribution is 2.61. The molecule has 1 spiro atoms. The van der Waals surface area contributed by atoms with Crippen LogP contribution in [0.3, 0.4) is 0 Å². The molecule has 2 aliphatic carbocycles. The Morgan fingerprint density at radius 1 is 1.08 bits per heavy atom. The fourth-order valence-electron chi connectivity index (χ4n) is 4.98. The topological polar surface area (TPSA) is 69.6 Å². The normalized spacial score (nSPS) is 34.1. The number of benzene rings is 1. The first-order chi connectivity index (χ1) is 12.0. The third-order valence-electron chi connectivity index (χ3n) is 6.29. The zero-order valence-corrected chi connectivity index (χ0v) is 14.5. The van der Waals surface area contributed by atoms with Crippen LogP contribution in [0.15, 0.2) is 30.3 Å². The van der Waals surface area contributed by atoms with Crippen molar-refractivity contribution in [3.63, 3.8) is 0 Å². The van der Waals surface area contributed by atoms with Crippen molar-refractivity contribution in [1.82, 2.24) is 4.90 Å². The second kappa shape index (κ2) is 6.36. The van der Waals surface area contributed by atoms with Crippen molar-refractivity contribution < 1.29 is 14.7 Å². The average Bonchev–Trinajstić information content (AvgIpc) is 2.53. The molecular formula is C20H26N2O3. The van der Waals surface area contributed by atoms with Crippen LogP contribution in [-0.4, -0.2) is 41.0 Å². The van der Waals surface area contributed by atoms with Crippen molar-refractivity contribution in [2.24, 2.45) is 17.3 Å². The number of aliphatic carboxylic acids is 1. The number of hydrogen-bond donors (Lipinski definition) is 2. The Labute approximate surface area is 148 Å². The molecule has 1 aromatic carbocycles. The zero-order valence-electron chi connectivity index (χ0n) is 14.5. The van der Waals surface area contributed by atoms with Crippen molar-refractivity contribution >= 4 is 17.6 Å². The highest BCUT2D eigenvalue weighted by atomic mass is 16.4. The van der Waals surface area contributed by atoms with E-state index < -0.39 is 5.97 Å². The van der Waals surface area contributed by atoms with E-state index in [1.54, 1.807) is 0 Å². The number of rotatable bonds is 4. The number of carbonyl (C=O) groups excluding carboxylic acids is 1. The van der Waals surface area contributed by atoms with Crippen LogP contribution in [0.2, 0.25) is 0 Å². The quantitative estimate of drug-likeness (QED) is 0.882. The summed E-state index contributed by atoms with van der Waals surface area (Å²) in [5, 5.41) is 12.6. The molecular weight excluding hydrogens is 316 g/mol. The van der Waals surface area contributed by atoms with Gasteiger partial charge in [-0.3, -0.25) is 9.59 Å². The van der Waals surface area contributed by atoms with Gasteiger partial charge in [0.05, 0.1) is 5.92 Å². The van der Waals surface area contributed by atoms with Gasteiger partial charge in [-0.05, 0) is 56.1 Å². The Hall–Kier alpha value is -2.04. The maximum absolute atomic E-state index is 12.8. The average molecular weight is 342 g/mol. The number of nitrogens with one attached hydrogen (secondary N) is 1. The number of likely N-dealkylation sites (tertiary alicyclic amines) is 1. The van der Waals surface area contributed by atoms with Crippen molar-refractivity contribution in [3.8, 4) is 0 Å². The Morgan fingerprint density at radius 2 is 1.76 bits per heavy atom. The minimum atomic E-state index is -0.675. The smallest absolute Gasteiger partial charge is 0.306 e. The third kappa shape index (κ3) is 3.24. The van der Waals surface area contributed by atoms with Crippen LogP contribution < -0.4 is 5.32 Å². The molecule has 5 nitrogen and oxygen atoms in total. The third-order valence-corrected chi connectivity index (χ3v) is 6.29. The van der Waals surface area contributed by atoms with Gasteiger partial charge in [-0.2, -0.15) is 0 Å². The van der Waals surface area contributed by atoms with E-state index in [0.29, 0.717) is 6.04 Å². The number of para-hydroxylation sites is 1. The fraction of sp³-hybridized carbons (Fsp3) is 0.600. The molecule has 1 atom stereocenters. The molecule has 3 aliphatic rings. The molecule has 2 N–H and O–H groups in total. The number of carbonyl (C=O) groups is 2.